The molecule has 0 amide bonds. The summed E-state index contributed by atoms with van der Waals surface area (Å²) in [7, 11) is 0. The van der Waals surface area contributed by atoms with E-state index in [0.717, 1.165) is 0 Å². The fourth-order valence-corrected chi connectivity index (χ4v) is 0.509. The van der Waals surface area contributed by atoms with E-state index in [2.05, 4.69) is 20.9 Å². The van der Waals surface area contributed by atoms with Crippen molar-refractivity contribution in [2.75, 3.05) is 5.43 Å². The maximum Gasteiger partial charge on any atom is 0.147 e. The molecule has 5 heteroatoms. The first kappa shape index (κ1) is 6.47. The van der Waals surface area contributed by atoms with Crippen molar-refractivity contribution < 1.29 is 0 Å². The summed E-state index contributed by atoms with van der Waals surface area (Å²) in [4.78, 5) is 3.90. The molecule has 1 aromatic rings. The van der Waals surface area contributed by atoms with Crippen LogP contribution in [0.3, 0.4) is 0 Å². The molecule has 0 radical (unpaired) electrons. The SMILES string of the molecule is N/N=N/Nc1ccccn1. The first-order valence-corrected chi connectivity index (χ1v) is 2.70. The topological polar surface area (TPSA) is 75.7 Å². The van der Waals surface area contributed by atoms with Crippen molar-refractivity contribution in [2.45, 2.75) is 0 Å². The van der Waals surface area contributed by atoms with E-state index in [-0.39, 0.29) is 0 Å². The molecule has 3 N–H and O–H groups in total. The van der Waals surface area contributed by atoms with Crippen LogP contribution in [0.2, 0.25) is 0 Å². The van der Waals surface area contributed by atoms with E-state index < -0.39 is 0 Å². The van der Waals surface area contributed by atoms with Gasteiger partial charge in [-0.25, -0.2) is 10.4 Å². The summed E-state index contributed by atoms with van der Waals surface area (Å²) in [5.74, 6) is 5.37. The van der Waals surface area contributed by atoms with Gasteiger partial charge in [0.15, 0.2) is 0 Å². The Bertz CT molecular complexity index is 207. The van der Waals surface area contributed by atoms with E-state index in [9.17, 15) is 0 Å². The van der Waals surface area contributed by atoms with Gasteiger partial charge in [0.05, 0.1) is 0 Å². The Kier molecular flexibility index (Phi) is 2.19. The summed E-state index contributed by atoms with van der Waals surface area (Å²) in [5, 5.41) is 6.34. The number of aromatic nitrogens is 1. The van der Waals surface area contributed by atoms with Gasteiger partial charge < -0.3 is 5.84 Å². The van der Waals surface area contributed by atoms with Crippen LogP contribution in [0.4, 0.5) is 5.82 Å². The maximum atomic E-state index is 4.74. The van der Waals surface area contributed by atoms with E-state index in [0.29, 0.717) is 5.82 Å². The number of pyridine rings is 1. The predicted octanol–water partition coefficient (Wildman–Crippen LogP) is 0.734. The summed E-state index contributed by atoms with van der Waals surface area (Å²) >= 11 is 0. The summed E-state index contributed by atoms with van der Waals surface area (Å²) in [6.45, 7) is 0. The van der Waals surface area contributed by atoms with E-state index in [4.69, 9.17) is 5.84 Å². The van der Waals surface area contributed by atoms with Crippen LogP contribution < -0.4 is 11.3 Å². The number of anilines is 1. The second kappa shape index (κ2) is 3.39. The molecule has 0 aliphatic carbocycles. The molecule has 10 heavy (non-hydrogen) atoms. The van der Waals surface area contributed by atoms with Gasteiger partial charge in [0.25, 0.3) is 0 Å². The highest BCUT2D eigenvalue weighted by molar-refractivity contribution is 5.31. The number of nitrogens with zero attached hydrogens (tertiary/aromatic N) is 3. The quantitative estimate of drug-likeness (QED) is 0.358. The molecule has 0 bridgehead atoms. The van der Waals surface area contributed by atoms with Crippen molar-refractivity contribution in [3.63, 3.8) is 0 Å². The van der Waals surface area contributed by atoms with Crippen LogP contribution >= 0.6 is 0 Å². The second-order valence-electron chi connectivity index (χ2n) is 1.54. The van der Waals surface area contributed by atoms with E-state index in [1.54, 1.807) is 12.3 Å². The van der Waals surface area contributed by atoms with Crippen LogP contribution in [-0.4, -0.2) is 4.98 Å². The van der Waals surface area contributed by atoms with E-state index in [1.165, 1.54) is 0 Å². The average Bonchev–Trinajstić information content (AvgIpc) is 2.03. The highest BCUT2D eigenvalue weighted by Crippen LogP contribution is 1.98. The number of nitrogens with one attached hydrogen (secondary N) is 1. The normalized spacial score (nSPS) is 10.0. The third-order valence-electron chi connectivity index (χ3n) is 0.887. The number of rotatable bonds is 2. The zero-order chi connectivity index (χ0) is 7.23. The molecule has 0 spiro atoms. The molecule has 0 aliphatic heterocycles. The lowest BCUT2D eigenvalue weighted by Crippen LogP contribution is -1.90. The summed E-state index contributed by atoms with van der Waals surface area (Å²) < 4.78 is 0. The highest BCUT2D eigenvalue weighted by Gasteiger charge is 1.84. The van der Waals surface area contributed by atoms with Gasteiger partial charge in [0.2, 0.25) is 0 Å². The molecule has 0 unspecified atom stereocenters. The molecule has 0 saturated heterocycles. The predicted molar refractivity (Wildman–Crippen MR) is 36.9 cm³/mol. The molecule has 52 valence electrons. The van der Waals surface area contributed by atoms with Gasteiger partial charge in [-0.05, 0) is 12.1 Å². The fraction of sp³-hybridized carbons (Fsp3) is 0. The van der Waals surface area contributed by atoms with E-state index >= 15 is 0 Å². The van der Waals surface area contributed by atoms with Crippen LogP contribution in [0.15, 0.2) is 34.8 Å². The lowest BCUT2D eigenvalue weighted by atomic mass is 10.5. The first-order valence-electron chi connectivity index (χ1n) is 2.70. The third-order valence-corrected chi connectivity index (χ3v) is 0.887. The summed E-state index contributed by atoms with van der Waals surface area (Å²) in [6.07, 6.45) is 1.65. The molecule has 1 rings (SSSR count). The average molecular weight is 137 g/mol. The molecule has 0 fully saturated rings. The standard InChI is InChI=1S/C5H7N5/c6-9-10-8-5-3-1-2-4-7-5/h1-4H,(H2,6,10)(H,7,8,9). The minimum atomic E-state index is 0.622. The molecular formula is C5H7N5. The molecule has 0 saturated carbocycles. The van der Waals surface area contributed by atoms with Crippen molar-refractivity contribution in [3.8, 4) is 0 Å². The second-order valence-corrected chi connectivity index (χ2v) is 1.54. The Morgan fingerprint density at radius 2 is 2.40 bits per heavy atom. The largest absolute Gasteiger partial charge is 0.303 e. The monoisotopic (exact) mass is 137 g/mol. The maximum absolute atomic E-state index is 4.74. The van der Waals surface area contributed by atoms with Crippen LogP contribution in [0.25, 0.3) is 0 Å². The molecule has 0 aromatic carbocycles. The van der Waals surface area contributed by atoms with Gasteiger partial charge in [0.1, 0.15) is 5.82 Å². The molecule has 5 nitrogen and oxygen atoms in total. The fourth-order valence-electron chi connectivity index (χ4n) is 0.509. The number of nitrogens with two attached hydrogens (primary N) is 1. The number of hydrogen-bond acceptors (Lipinski definition) is 3. The van der Waals surface area contributed by atoms with Gasteiger partial charge in [-0.15, -0.1) is 0 Å². The van der Waals surface area contributed by atoms with Crippen molar-refractivity contribution in [1.29, 1.82) is 0 Å². The lowest BCUT2D eigenvalue weighted by Gasteiger charge is -1.92. The Morgan fingerprint density at radius 1 is 1.50 bits per heavy atom. The molecule has 1 aromatic heterocycles. The minimum Gasteiger partial charge on any atom is -0.303 e. The van der Waals surface area contributed by atoms with E-state index in [1.807, 2.05) is 12.1 Å². The summed E-state index contributed by atoms with van der Waals surface area (Å²) in [6, 6.07) is 5.40. The van der Waals surface area contributed by atoms with Crippen LogP contribution in [-0.2, 0) is 0 Å². The van der Waals surface area contributed by atoms with Gasteiger partial charge >= 0.3 is 0 Å². The van der Waals surface area contributed by atoms with Crippen molar-refractivity contribution >= 4 is 5.82 Å². The Hall–Kier alpha value is -1.65. The van der Waals surface area contributed by atoms with Gasteiger partial charge in [0, 0.05) is 6.20 Å². The first-order chi connectivity index (χ1) is 4.93. The Balaban J connectivity index is 2.59. The van der Waals surface area contributed by atoms with Gasteiger partial charge in [-0.2, -0.15) is 0 Å². The van der Waals surface area contributed by atoms with Gasteiger partial charge in [-0.1, -0.05) is 16.5 Å². The highest BCUT2D eigenvalue weighted by atomic mass is 15.5. The molecular weight excluding hydrogens is 130 g/mol. The summed E-state index contributed by atoms with van der Waals surface area (Å²) in [5.41, 5.74) is 2.52. The van der Waals surface area contributed by atoms with Gasteiger partial charge in [-0.3, -0.25) is 0 Å². The molecule has 0 atom stereocenters. The van der Waals surface area contributed by atoms with Crippen LogP contribution in [0.5, 0.6) is 0 Å². The minimum absolute atomic E-state index is 0.622. The lowest BCUT2D eigenvalue weighted by molar-refractivity contribution is 0.992. The van der Waals surface area contributed by atoms with Crippen molar-refractivity contribution in [3.05, 3.63) is 24.4 Å². The molecule has 0 aliphatic rings. The number of hydrogen-bond donors (Lipinski definition) is 2. The van der Waals surface area contributed by atoms with Crippen LogP contribution in [0.1, 0.15) is 0 Å². The Labute approximate surface area is 57.9 Å². The third kappa shape index (κ3) is 1.70. The zero-order valence-electron chi connectivity index (χ0n) is 5.23. The molecule has 1 heterocycles. The zero-order valence-corrected chi connectivity index (χ0v) is 5.23. The van der Waals surface area contributed by atoms with Crippen molar-refractivity contribution in [2.24, 2.45) is 16.3 Å². The smallest absolute Gasteiger partial charge is 0.147 e. The van der Waals surface area contributed by atoms with Crippen molar-refractivity contribution in [1.82, 2.24) is 4.98 Å². The Morgan fingerprint density at radius 3 is 3.00 bits per heavy atom. The van der Waals surface area contributed by atoms with Crippen LogP contribution in [0, 0.1) is 0 Å².